The molecular formula is C27H22N6O6S. The van der Waals surface area contributed by atoms with Crippen molar-refractivity contribution in [1.29, 1.82) is 0 Å². The van der Waals surface area contributed by atoms with Gasteiger partial charge in [0.25, 0.3) is 17.5 Å². The van der Waals surface area contributed by atoms with Gasteiger partial charge in [0.05, 0.1) is 40.7 Å². The second-order valence-corrected chi connectivity index (χ2v) is 9.51. The molecule has 2 heterocycles. The number of benzene rings is 3. The number of methoxy groups -OCH3 is 1. The summed E-state index contributed by atoms with van der Waals surface area (Å²) in [6, 6.07) is 17.7. The summed E-state index contributed by atoms with van der Waals surface area (Å²) in [6.45, 7) is 2.42. The van der Waals surface area contributed by atoms with E-state index in [1.165, 1.54) is 25.3 Å². The molecule has 5 rings (SSSR count). The van der Waals surface area contributed by atoms with Crippen LogP contribution < -0.4 is 15.0 Å². The van der Waals surface area contributed by atoms with Gasteiger partial charge in [0.1, 0.15) is 11.4 Å². The molecule has 1 aliphatic rings. The predicted octanol–water partition coefficient (Wildman–Crippen LogP) is 4.41. The summed E-state index contributed by atoms with van der Waals surface area (Å²) in [5, 5.41) is 22.9. The fourth-order valence-corrected chi connectivity index (χ4v) is 5.09. The quantitative estimate of drug-likeness (QED) is 0.136. The van der Waals surface area contributed by atoms with Gasteiger partial charge in [-0.2, -0.15) is 0 Å². The molecule has 0 bridgehead atoms. The van der Waals surface area contributed by atoms with Crippen molar-refractivity contribution in [3.8, 4) is 17.1 Å². The molecule has 0 saturated heterocycles. The first-order valence-electron chi connectivity index (χ1n) is 12.1. The standard InChI is InChI=1S/C27H22N6O6S/c1-3-31-24(16-8-10-17(11-9-16)32-25(35)19-6-4-5-7-20(19)26(32)36)29-30-27(31)40-15-23(34)28-21-13-12-18(39-2)14-22(21)33(37)38/h4-14H,3,15H2,1-2H3,(H,28,34). The van der Waals surface area contributed by atoms with Crippen LogP contribution in [0.5, 0.6) is 5.75 Å². The van der Waals surface area contributed by atoms with Crippen molar-refractivity contribution in [1.82, 2.24) is 14.8 Å². The summed E-state index contributed by atoms with van der Waals surface area (Å²) in [6.07, 6.45) is 0. The first-order chi connectivity index (χ1) is 19.3. The van der Waals surface area contributed by atoms with Crippen LogP contribution in [0.2, 0.25) is 0 Å². The van der Waals surface area contributed by atoms with E-state index in [1.807, 2.05) is 11.5 Å². The summed E-state index contributed by atoms with van der Waals surface area (Å²) >= 11 is 1.14. The van der Waals surface area contributed by atoms with Crippen LogP contribution >= 0.6 is 11.8 Å². The second-order valence-electron chi connectivity index (χ2n) is 8.57. The number of ether oxygens (including phenoxy) is 1. The number of nitro benzene ring substituents is 1. The molecule has 0 radical (unpaired) electrons. The zero-order chi connectivity index (χ0) is 28.4. The third kappa shape index (κ3) is 4.89. The molecule has 0 aliphatic carbocycles. The molecule has 0 fully saturated rings. The van der Waals surface area contributed by atoms with Crippen LogP contribution in [0.3, 0.4) is 0 Å². The molecule has 3 aromatic carbocycles. The highest BCUT2D eigenvalue weighted by atomic mass is 32.2. The Labute approximate surface area is 232 Å². The minimum atomic E-state index is -0.592. The first-order valence-corrected chi connectivity index (χ1v) is 13.1. The van der Waals surface area contributed by atoms with Crippen LogP contribution in [0.15, 0.2) is 71.9 Å². The summed E-state index contributed by atoms with van der Waals surface area (Å²) in [7, 11) is 1.40. The van der Waals surface area contributed by atoms with Crippen molar-refractivity contribution >= 4 is 46.5 Å². The van der Waals surface area contributed by atoms with Crippen molar-refractivity contribution < 1.29 is 24.0 Å². The van der Waals surface area contributed by atoms with Crippen molar-refractivity contribution in [2.45, 2.75) is 18.6 Å². The number of anilines is 2. The number of nitrogens with zero attached hydrogens (tertiary/aromatic N) is 5. The average Bonchev–Trinajstić information content (AvgIpc) is 3.50. The van der Waals surface area contributed by atoms with E-state index in [9.17, 15) is 24.5 Å². The molecule has 12 nitrogen and oxygen atoms in total. The Balaban J connectivity index is 1.29. The Hall–Kier alpha value is -5.04. The Morgan fingerprint density at radius 2 is 1.70 bits per heavy atom. The zero-order valence-electron chi connectivity index (χ0n) is 21.4. The molecule has 4 aromatic rings. The highest BCUT2D eigenvalue weighted by Crippen LogP contribution is 2.32. The van der Waals surface area contributed by atoms with Crippen LogP contribution in [0.4, 0.5) is 17.1 Å². The van der Waals surface area contributed by atoms with E-state index in [4.69, 9.17) is 4.74 Å². The van der Waals surface area contributed by atoms with E-state index in [0.717, 1.165) is 16.7 Å². The first kappa shape index (κ1) is 26.6. The fraction of sp³-hybridized carbons (Fsp3) is 0.148. The van der Waals surface area contributed by atoms with Gasteiger partial charge in [0.15, 0.2) is 11.0 Å². The van der Waals surface area contributed by atoms with Gasteiger partial charge < -0.3 is 14.6 Å². The number of fused-ring (bicyclic) bond motifs is 1. The molecular weight excluding hydrogens is 536 g/mol. The van der Waals surface area contributed by atoms with Gasteiger partial charge >= 0.3 is 0 Å². The zero-order valence-corrected chi connectivity index (χ0v) is 22.2. The molecule has 1 N–H and O–H groups in total. The maximum Gasteiger partial charge on any atom is 0.296 e. The van der Waals surface area contributed by atoms with Gasteiger partial charge in [-0.3, -0.25) is 24.5 Å². The number of carbonyl (C=O) groups excluding carboxylic acids is 3. The Bertz CT molecular complexity index is 1620. The van der Waals surface area contributed by atoms with Gasteiger partial charge in [-0.25, -0.2) is 4.90 Å². The highest BCUT2D eigenvalue weighted by Gasteiger charge is 2.36. The summed E-state index contributed by atoms with van der Waals surface area (Å²) in [4.78, 5) is 50.1. The van der Waals surface area contributed by atoms with E-state index in [1.54, 1.807) is 48.5 Å². The van der Waals surface area contributed by atoms with E-state index < -0.39 is 10.8 Å². The predicted molar refractivity (Wildman–Crippen MR) is 148 cm³/mol. The number of amides is 3. The Kier molecular flexibility index (Phi) is 7.29. The lowest BCUT2D eigenvalue weighted by atomic mass is 10.1. The molecule has 202 valence electrons. The molecule has 0 saturated carbocycles. The minimum absolute atomic E-state index is 0.0556. The number of aromatic nitrogens is 3. The van der Waals surface area contributed by atoms with Gasteiger partial charge in [0.2, 0.25) is 5.91 Å². The van der Waals surface area contributed by atoms with Crippen LogP contribution in [-0.2, 0) is 11.3 Å². The number of hydrogen-bond acceptors (Lipinski definition) is 9. The maximum absolute atomic E-state index is 12.8. The Morgan fingerprint density at radius 3 is 2.30 bits per heavy atom. The molecule has 3 amide bonds. The number of nitro groups is 1. The molecule has 0 unspecified atom stereocenters. The number of nitrogens with one attached hydrogen (secondary N) is 1. The molecule has 0 spiro atoms. The lowest BCUT2D eigenvalue weighted by molar-refractivity contribution is -0.384. The van der Waals surface area contributed by atoms with Crippen LogP contribution in [0.1, 0.15) is 27.6 Å². The number of thioether (sulfide) groups is 1. The highest BCUT2D eigenvalue weighted by molar-refractivity contribution is 7.99. The number of hydrogen-bond donors (Lipinski definition) is 1. The molecule has 1 aromatic heterocycles. The average molecular weight is 559 g/mol. The topological polar surface area (TPSA) is 150 Å². The third-order valence-electron chi connectivity index (χ3n) is 6.22. The van der Waals surface area contributed by atoms with Gasteiger partial charge in [0, 0.05) is 12.1 Å². The van der Waals surface area contributed by atoms with Gasteiger partial charge in [-0.15, -0.1) is 10.2 Å². The van der Waals surface area contributed by atoms with Crippen molar-refractivity contribution in [2.24, 2.45) is 0 Å². The van der Waals surface area contributed by atoms with E-state index in [0.29, 0.717) is 45.7 Å². The lowest BCUT2D eigenvalue weighted by Crippen LogP contribution is -2.29. The van der Waals surface area contributed by atoms with Gasteiger partial charge in [-0.1, -0.05) is 23.9 Å². The van der Waals surface area contributed by atoms with E-state index in [2.05, 4.69) is 15.5 Å². The van der Waals surface area contributed by atoms with Crippen molar-refractivity contribution in [2.75, 3.05) is 23.1 Å². The number of imide groups is 1. The van der Waals surface area contributed by atoms with Crippen molar-refractivity contribution in [3.63, 3.8) is 0 Å². The van der Waals surface area contributed by atoms with E-state index >= 15 is 0 Å². The second kappa shape index (κ2) is 11.0. The number of carbonyl (C=O) groups is 3. The lowest BCUT2D eigenvalue weighted by Gasteiger charge is -2.14. The third-order valence-corrected chi connectivity index (χ3v) is 7.19. The molecule has 13 heteroatoms. The molecule has 1 aliphatic heterocycles. The molecule has 0 atom stereocenters. The van der Waals surface area contributed by atoms with Gasteiger partial charge in [-0.05, 0) is 55.5 Å². The van der Waals surface area contributed by atoms with Crippen LogP contribution in [0.25, 0.3) is 11.4 Å². The van der Waals surface area contributed by atoms with Crippen molar-refractivity contribution in [3.05, 3.63) is 88.0 Å². The number of rotatable bonds is 9. The largest absolute Gasteiger partial charge is 0.496 e. The van der Waals surface area contributed by atoms with E-state index in [-0.39, 0.29) is 28.9 Å². The van der Waals surface area contributed by atoms with Crippen LogP contribution in [0, 0.1) is 10.1 Å². The molecule has 40 heavy (non-hydrogen) atoms. The summed E-state index contributed by atoms with van der Waals surface area (Å²) in [5.74, 6) is -0.399. The maximum atomic E-state index is 12.8. The normalized spacial score (nSPS) is 12.4. The Morgan fingerprint density at radius 1 is 1.02 bits per heavy atom. The van der Waals surface area contributed by atoms with Crippen LogP contribution in [-0.4, -0.2) is 50.3 Å². The monoisotopic (exact) mass is 558 g/mol. The minimum Gasteiger partial charge on any atom is -0.496 e. The smallest absolute Gasteiger partial charge is 0.296 e. The summed E-state index contributed by atoms with van der Waals surface area (Å²) < 4.78 is 6.84. The fourth-order valence-electron chi connectivity index (χ4n) is 4.29. The summed E-state index contributed by atoms with van der Waals surface area (Å²) in [5.41, 5.74) is 1.68. The SMILES string of the molecule is CCn1c(SCC(=O)Nc2ccc(OC)cc2[N+](=O)[O-])nnc1-c1ccc(N2C(=O)c3ccccc3C2=O)cc1.